The Balaban J connectivity index is 3.41. The molecule has 6 heavy (non-hydrogen) atoms. The van der Waals surface area contributed by atoms with Gasteiger partial charge in [-0.2, -0.15) is 0 Å². The van der Waals surface area contributed by atoms with Gasteiger partial charge in [-0.3, -0.25) is 0 Å². The van der Waals surface area contributed by atoms with Gasteiger partial charge < -0.3 is 0 Å². The molecule has 0 aliphatic carbocycles. The molecule has 0 nitrogen and oxygen atoms in total. The summed E-state index contributed by atoms with van der Waals surface area (Å²) < 4.78 is 3.71. The van der Waals surface area contributed by atoms with Crippen LogP contribution in [0.2, 0.25) is 0 Å². The summed E-state index contributed by atoms with van der Waals surface area (Å²) in [4.78, 5) is 0. The molecule has 2 heteroatoms. The van der Waals surface area contributed by atoms with E-state index in [4.69, 9.17) is 0 Å². The van der Waals surface area contributed by atoms with Crippen molar-refractivity contribution in [3.63, 3.8) is 0 Å². The second-order valence-electron chi connectivity index (χ2n) is 0.999. The van der Waals surface area contributed by atoms with E-state index in [0.717, 1.165) is 0 Å². The molecule has 0 atom stereocenters. The van der Waals surface area contributed by atoms with Crippen molar-refractivity contribution in [3.05, 3.63) is 9.36 Å². The first-order valence-corrected chi connectivity index (χ1v) is 5.58. The summed E-state index contributed by atoms with van der Waals surface area (Å²) in [5, 5.41) is 0. The topological polar surface area (TPSA) is 0 Å². The SMILES string of the molecule is C[C]([BiH])=C[CH]=[Bi]. The molecule has 0 aromatic carbocycles. The Labute approximate surface area is 68.2 Å². The molecule has 0 spiro atoms. The first-order chi connectivity index (χ1) is 2.77. The molecule has 0 saturated heterocycles. The monoisotopic (exact) mass is 472 g/mol. The van der Waals surface area contributed by atoms with Crippen LogP contribution in [0.25, 0.3) is 0 Å². The van der Waals surface area contributed by atoms with Gasteiger partial charge in [0.1, 0.15) is 0 Å². The average Bonchev–Trinajstić information content (AvgIpc) is 1.35. The summed E-state index contributed by atoms with van der Waals surface area (Å²) in [7, 11) is 0. The van der Waals surface area contributed by atoms with Crippen molar-refractivity contribution in [2.24, 2.45) is 0 Å². The minimum absolute atomic E-state index is 1.23. The van der Waals surface area contributed by atoms with Gasteiger partial charge >= 0.3 is 68.9 Å². The number of hydrogen-bond acceptors (Lipinski definition) is 0. The van der Waals surface area contributed by atoms with Crippen molar-refractivity contribution >= 4 is 52.7 Å². The second-order valence-corrected chi connectivity index (χ2v) is 5.22. The molecular weight excluding hydrogens is 466 g/mol. The number of allylic oxidation sites excluding steroid dienone is 2. The fourth-order valence-corrected chi connectivity index (χ4v) is 3.52. The van der Waals surface area contributed by atoms with Gasteiger partial charge in [0.25, 0.3) is 0 Å². The van der Waals surface area contributed by atoms with Crippen LogP contribution >= 0.6 is 0 Å². The first kappa shape index (κ1) is 7.38. The van der Waals surface area contributed by atoms with Crippen LogP contribution in [0.5, 0.6) is 0 Å². The molecule has 0 fully saturated rings. The molecular formula is C4H6Bi2. The van der Waals surface area contributed by atoms with Crippen molar-refractivity contribution in [2.75, 3.05) is 0 Å². The molecule has 2 radical (unpaired) electrons. The fraction of sp³-hybridized carbons (Fsp3) is 0.250. The molecule has 0 rings (SSSR count). The zero-order chi connectivity index (χ0) is 4.99. The first-order valence-electron chi connectivity index (χ1n) is 1.63. The molecule has 0 bridgehead atoms. The Morgan fingerprint density at radius 3 is 2.33 bits per heavy atom. The van der Waals surface area contributed by atoms with Crippen LogP contribution in [0.1, 0.15) is 6.92 Å². The predicted molar refractivity (Wildman–Crippen MR) is 32.7 cm³/mol. The number of rotatable bonds is 1. The van der Waals surface area contributed by atoms with E-state index in [0.29, 0.717) is 0 Å². The van der Waals surface area contributed by atoms with Crippen molar-refractivity contribution in [1.82, 2.24) is 0 Å². The van der Waals surface area contributed by atoms with Gasteiger partial charge in [0.15, 0.2) is 0 Å². The van der Waals surface area contributed by atoms with Crippen LogP contribution < -0.4 is 0 Å². The summed E-state index contributed by atoms with van der Waals surface area (Å²) in [5.74, 6) is 0. The summed E-state index contributed by atoms with van der Waals surface area (Å²) >= 11 is 2.60. The Morgan fingerprint density at radius 2 is 2.33 bits per heavy atom. The van der Waals surface area contributed by atoms with Gasteiger partial charge in [0.2, 0.25) is 0 Å². The van der Waals surface area contributed by atoms with Crippen molar-refractivity contribution in [3.8, 4) is 0 Å². The van der Waals surface area contributed by atoms with Crippen LogP contribution in [0.3, 0.4) is 0 Å². The fourth-order valence-electron chi connectivity index (χ4n) is 0.112. The van der Waals surface area contributed by atoms with E-state index in [-0.39, 0.29) is 0 Å². The molecule has 32 valence electrons. The molecule has 0 aliphatic rings. The van der Waals surface area contributed by atoms with Crippen molar-refractivity contribution in [1.29, 1.82) is 0 Å². The van der Waals surface area contributed by atoms with Gasteiger partial charge in [-0.15, -0.1) is 0 Å². The summed E-state index contributed by atoms with van der Waals surface area (Å²) in [5.41, 5.74) is 0. The Bertz CT molecular complexity index is 69.6. The predicted octanol–water partition coefficient (Wildman–Crippen LogP) is -0.238. The molecule has 0 unspecified atom stereocenters. The molecule has 0 aromatic rings. The summed E-state index contributed by atoms with van der Waals surface area (Å²) in [6.45, 7) is 2.16. The van der Waals surface area contributed by atoms with Crippen LogP contribution in [-0.4, -0.2) is 52.7 Å². The van der Waals surface area contributed by atoms with Crippen molar-refractivity contribution < 1.29 is 0 Å². The third kappa shape index (κ3) is 5.38. The molecule has 0 heterocycles. The molecule has 0 saturated carbocycles. The van der Waals surface area contributed by atoms with E-state index >= 15 is 0 Å². The van der Waals surface area contributed by atoms with Crippen LogP contribution in [0.4, 0.5) is 0 Å². The van der Waals surface area contributed by atoms with E-state index < -0.39 is 0 Å². The van der Waals surface area contributed by atoms with E-state index in [1.165, 1.54) is 52.2 Å². The maximum atomic E-state index is 2.19. The van der Waals surface area contributed by atoms with E-state index in [1.54, 1.807) is 0 Å². The van der Waals surface area contributed by atoms with Gasteiger partial charge in [-0.25, -0.2) is 0 Å². The zero-order valence-corrected chi connectivity index (χ0v) is 11.0. The third-order valence-corrected chi connectivity index (χ3v) is 1.55. The van der Waals surface area contributed by atoms with E-state index in [9.17, 15) is 0 Å². The van der Waals surface area contributed by atoms with Gasteiger partial charge in [0.05, 0.1) is 0 Å². The van der Waals surface area contributed by atoms with Gasteiger partial charge in [-0.1, -0.05) is 0 Å². The van der Waals surface area contributed by atoms with Crippen LogP contribution in [-0.2, 0) is 0 Å². The van der Waals surface area contributed by atoms with Gasteiger partial charge in [-0.05, 0) is 0 Å². The molecule has 0 N–H and O–H groups in total. The van der Waals surface area contributed by atoms with E-state index in [2.05, 4.69) is 16.7 Å². The van der Waals surface area contributed by atoms with Crippen LogP contribution in [0, 0.1) is 0 Å². The zero-order valence-electron chi connectivity index (χ0n) is 3.60. The Hall–Kier alpha value is 1.38. The molecule has 0 amide bonds. The number of hydrogen-bond donors (Lipinski definition) is 0. The average molecular weight is 472 g/mol. The second kappa shape index (κ2) is 4.53. The normalized spacial score (nSPS) is 11.3. The molecule has 0 aromatic heterocycles. The van der Waals surface area contributed by atoms with Crippen molar-refractivity contribution in [2.45, 2.75) is 6.92 Å². The minimum atomic E-state index is 1.23. The van der Waals surface area contributed by atoms with Gasteiger partial charge in [0, 0.05) is 0 Å². The standard InChI is InChI=1S/C4H5.2Bi.H/c1-3-4-2;;;/h1,3H,2H3;;;. The summed E-state index contributed by atoms with van der Waals surface area (Å²) in [6, 6.07) is 0. The Morgan fingerprint density at radius 1 is 1.83 bits per heavy atom. The van der Waals surface area contributed by atoms with E-state index in [1.807, 2.05) is 0 Å². The Kier molecular flexibility index (Phi) is 5.57. The quantitative estimate of drug-likeness (QED) is 0.463. The maximum absolute atomic E-state index is 2.19. The van der Waals surface area contributed by atoms with Crippen LogP contribution in [0.15, 0.2) is 9.36 Å². The summed E-state index contributed by atoms with van der Waals surface area (Å²) in [6.07, 6.45) is 2.19. The molecule has 0 aliphatic heterocycles. The third-order valence-electron chi connectivity index (χ3n) is 0.325.